The summed E-state index contributed by atoms with van der Waals surface area (Å²) in [5.41, 5.74) is 0.0678. The molecule has 5 heteroatoms. The van der Waals surface area contributed by atoms with Gasteiger partial charge in [0, 0.05) is 16.8 Å². The van der Waals surface area contributed by atoms with Gasteiger partial charge in [0.2, 0.25) is 0 Å². The maximum absolute atomic E-state index is 4.56. The normalized spacial score (nSPS) is 14.2. The summed E-state index contributed by atoms with van der Waals surface area (Å²) in [6.07, 6.45) is 1.08. The van der Waals surface area contributed by atoms with Gasteiger partial charge < -0.3 is 21.3 Å². The molecule has 151 valence electrons. The third-order valence-electron chi connectivity index (χ3n) is 2.78. The molecular weight excluding hydrogens is 343 g/mol. The Morgan fingerprint density at radius 2 is 1.04 bits per heavy atom. The van der Waals surface area contributed by atoms with Crippen molar-refractivity contribution >= 4 is 0 Å². The maximum atomic E-state index is 4.56. The van der Waals surface area contributed by atoms with Crippen molar-refractivity contribution in [2.45, 2.75) is 118 Å². The fraction of sp³-hybridized carbons (Fsp3) is 1.00. The standard InChI is InChI=1S/C11H24N2.C8H18N2.Co/c1-8(2)12-10(5)7-11(6)13-9(3)4;1-7(2)9-6-10-8(3,4)5;/h8-11H,7H2,1-6H3;7H,6H2,1-5H3;/q2*-2;. The van der Waals surface area contributed by atoms with Gasteiger partial charge in [-0.05, 0) is 0 Å². The number of nitrogens with zero attached hydrogens (tertiary/aromatic N) is 4. The minimum Gasteiger partial charge on any atom is -0.678 e. The summed E-state index contributed by atoms with van der Waals surface area (Å²) in [5, 5.41) is 17.7. The van der Waals surface area contributed by atoms with Crippen molar-refractivity contribution in [1.29, 1.82) is 0 Å². The Morgan fingerprint density at radius 3 is 1.29 bits per heavy atom. The summed E-state index contributed by atoms with van der Waals surface area (Å²) in [6.45, 7) is 23.9. The van der Waals surface area contributed by atoms with Crippen LogP contribution in [0.15, 0.2) is 0 Å². The van der Waals surface area contributed by atoms with Crippen LogP contribution in [0.4, 0.5) is 0 Å². The van der Waals surface area contributed by atoms with Crippen LogP contribution in [0, 0.1) is 0 Å². The van der Waals surface area contributed by atoms with E-state index in [2.05, 4.69) is 97.4 Å². The van der Waals surface area contributed by atoms with E-state index in [0.717, 1.165) is 6.42 Å². The first-order valence-corrected chi connectivity index (χ1v) is 9.08. The molecule has 0 spiro atoms. The molecular formula is C19H42CoN4-4. The Hall–Kier alpha value is 0.346. The molecule has 0 rings (SSSR count). The van der Waals surface area contributed by atoms with Crippen LogP contribution in [-0.4, -0.2) is 42.4 Å². The molecule has 0 aliphatic carbocycles. The molecule has 0 fully saturated rings. The molecule has 24 heavy (non-hydrogen) atoms. The minimum atomic E-state index is 0. The van der Waals surface area contributed by atoms with Crippen LogP contribution in [-0.2, 0) is 16.8 Å². The first-order chi connectivity index (χ1) is 10.3. The van der Waals surface area contributed by atoms with Crippen LogP contribution < -0.4 is 0 Å². The van der Waals surface area contributed by atoms with Gasteiger partial charge >= 0.3 is 0 Å². The smallest absolute Gasteiger partial charge is 0 e. The van der Waals surface area contributed by atoms with Crippen molar-refractivity contribution in [3.05, 3.63) is 21.3 Å². The fourth-order valence-corrected chi connectivity index (χ4v) is 2.05. The number of hydrogen-bond acceptors (Lipinski definition) is 0. The van der Waals surface area contributed by atoms with Gasteiger partial charge in [-0.3, -0.25) is 6.67 Å². The van der Waals surface area contributed by atoms with Gasteiger partial charge in [-0.1, -0.05) is 82.6 Å². The van der Waals surface area contributed by atoms with E-state index in [9.17, 15) is 0 Å². The zero-order valence-electron chi connectivity index (χ0n) is 17.9. The molecule has 0 bridgehead atoms. The molecule has 1 radical (unpaired) electrons. The average Bonchev–Trinajstić information content (AvgIpc) is 2.23. The quantitative estimate of drug-likeness (QED) is 0.429. The van der Waals surface area contributed by atoms with Crippen molar-refractivity contribution in [3.63, 3.8) is 0 Å². The SMILES string of the molecule is CC(C)[N-]C(C)CC(C)[N-]C(C)C.CC(C)[N-]C[N-]C(C)(C)C.[Co]. The van der Waals surface area contributed by atoms with E-state index in [1.807, 2.05) is 0 Å². The van der Waals surface area contributed by atoms with Crippen LogP contribution in [0.5, 0.6) is 0 Å². The van der Waals surface area contributed by atoms with Crippen molar-refractivity contribution in [1.82, 2.24) is 0 Å². The molecule has 0 N–H and O–H groups in total. The summed E-state index contributed by atoms with van der Waals surface area (Å²) < 4.78 is 0. The number of rotatable bonds is 9. The Kier molecular flexibility index (Phi) is 18.9. The molecule has 0 aromatic carbocycles. The third kappa shape index (κ3) is 27.2. The van der Waals surface area contributed by atoms with Gasteiger partial charge in [0.15, 0.2) is 0 Å². The molecule has 0 aliphatic heterocycles. The molecule has 2 atom stereocenters. The molecule has 0 aromatic heterocycles. The number of hydrogen-bond donors (Lipinski definition) is 0. The van der Waals surface area contributed by atoms with Gasteiger partial charge in [-0.2, -0.15) is 0 Å². The van der Waals surface area contributed by atoms with E-state index in [1.54, 1.807) is 0 Å². The summed E-state index contributed by atoms with van der Waals surface area (Å²) in [4.78, 5) is 0. The van der Waals surface area contributed by atoms with Gasteiger partial charge in [0.05, 0.1) is 0 Å². The molecule has 0 aromatic rings. The Bertz CT molecular complexity index is 249. The van der Waals surface area contributed by atoms with Crippen molar-refractivity contribution < 1.29 is 16.8 Å². The molecule has 0 aliphatic rings. The second-order valence-corrected chi connectivity index (χ2v) is 8.17. The van der Waals surface area contributed by atoms with Crippen LogP contribution in [0.2, 0.25) is 0 Å². The average molecular weight is 386 g/mol. The topological polar surface area (TPSA) is 56.4 Å². The van der Waals surface area contributed by atoms with E-state index in [0.29, 0.717) is 36.9 Å². The molecule has 0 saturated heterocycles. The van der Waals surface area contributed by atoms with E-state index >= 15 is 0 Å². The first kappa shape index (κ1) is 29.1. The fourth-order valence-electron chi connectivity index (χ4n) is 2.05. The van der Waals surface area contributed by atoms with Crippen LogP contribution in [0.25, 0.3) is 21.3 Å². The molecule has 2 unspecified atom stereocenters. The largest absolute Gasteiger partial charge is 0.678 e. The van der Waals surface area contributed by atoms with Gasteiger partial charge in [-0.15, -0.1) is 35.7 Å². The van der Waals surface area contributed by atoms with Gasteiger partial charge in [-0.25, -0.2) is 0 Å². The summed E-state index contributed by atoms with van der Waals surface area (Å²) >= 11 is 0. The van der Waals surface area contributed by atoms with Crippen LogP contribution in [0.1, 0.15) is 82.6 Å². The molecule has 4 nitrogen and oxygen atoms in total. The monoisotopic (exact) mass is 385 g/mol. The second-order valence-electron chi connectivity index (χ2n) is 8.17. The zero-order chi connectivity index (χ0) is 18.6. The second kappa shape index (κ2) is 15.6. The predicted molar refractivity (Wildman–Crippen MR) is 107 cm³/mol. The summed E-state index contributed by atoms with van der Waals surface area (Å²) in [7, 11) is 0. The van der Waals surface area contributed by atoms with Crippen molar-refractivity contribution in [2.75, 3.05) is 6.67 Å². The van der Waals surface area contributed by atoms with Crippen LogP contribution in [0.3, 0.4) is 0 Å². The van der Waals surface area contributed by atoms with Crippen molar-refractivity contribution in [3.8, 4) is 0 Å². The van der Waals surface area contributed by atoms with E-state index in [1.165, 1.54) is 0 Å². The maximum Gasteiger partial charge on any atom is 0 e. The van der Waals surface area contributed by atoms with Gasteiger partial charge in [0.25, 0.3) is 0 Å². The van der Waals surface area contributed by atoms with Gasteiger partial charge in [0.1, 0.15) is 0 Å². The minimum absolute atomic E-state index is 0. The Morgan fingerprint density at radius 1 is 0.667 bits per heavy atom. The Labute approximate surface area is 163 Å². The zero-order valence-corrected chi connectivity index (χ0v) is 19.0. The molecule has 0 saturated carbocycles. The first-order valence-electron chi connectivity index (χ1n) is 9.08. The Balaban J connectivity index is -0.000000364. The van der Waals surface area contributed by atoms with E-state index < -0.39 is 0 Å². The summed E-state index contributed by atoms with van der Waals surface area (Å²) in [6, 6.07) is 2.18. The van der Waals surface area contributed by atoms with Crippen molar-refractivity contribution in [2.24, 2.45) is 0 Å². The third-order valence-corrected chi connectivity index (χ3v) is 2.78. The van der Waals surface area contributed by atoms with Crippen LogP contribution >= 0.6 is 0 Å². The predicted octanol–water partition coefficient (Wildman–Crippen LogP) is 6.61. The van der Waals surface area contributed by atoms with E-state index in [-0.39, 0.29) is 22.3 Å². The molecule has 0 amide bonds. The van der Waals surface area contributed by atoms with E-state index in [4.69, 9.17) is 0 Å². The summed E-state index contributed by atoms with van der Waals surface area (Å²) in [5.74, 6) is 0. The molecule has 0 heterocycles.